The normalized spacial score (nSPS) is 34.0. The Kier molecular flexibility index (Phi) is 3.91. The summed E-state index contributed by atoms with van der Waals surface area (Å²) in [6, 6.07) is 2.77. The van der Waals surface area contributed by atoms with Gasteiger partial charge >= 0.3 is 0 Å². The molecule has 8 heteroatoms. The summed E-state index contributed by atoms with van der Waals surface area (Å²) >= 11 is 0. The number of nitrogens with zero attached hydrogens (tertiary/aromatic N) is 1. The zero-order valence-corrected chi connectivity index (χ0v) is 15.3. The number of carbonyl (C=O) groups is 3. The number of hydrogen-bond acceptors (Lipinski definition) is 5. The van der Waals surface area contributed by atoms with E-state index in [-0.39, 0.29) is 6.04 Å². The molecule has 144 valence electrons. The molecule has 6 atom stereocenters. The summed E-state index contributed by atoms with van der Waals surface area (Å²) < 4.78 is 14.0. The van der Waals surface area contributed by atoms with Crippen molar-refractivity contribution in [2.24, 2.45) is 11.8 Å². The van der Waals surface area contributed by atoms with Crippen molar-refractivity contribution in [2.75, 3.05) is 5.32 Å². The lowest BCUT2D eigenvalue weighted by molar-refractivity contribution is -0.145. The topological polar surface area (TPSA) is 98.7 Å². The number of fused-ring (bicyclic) bond motifs is 4. The van der Waals surface area contributed by atoms with Crippen molar-refractivity contribution in [3.05, 3.63) is 29.6 Å². The third-order valence-electron chi connectivity index (χ3n) is 6.20. The van der Waals surface area contributed by atoms with E-state index >= 15 is 0 Å². The average molecular weight is 375 g/mol. The number of rotatable bonds is 3. The van der Waals surface area contributed by atoms with Gasteiger partial charge in [-0.25, -0.2) is 4.39 Å². The van der Waals surface area contributed by atoms with Crippen LogP contribution in [0.25, 0.3) is 0 Å². The highest BCUT2D eigenvalue weighted by Crippen LogP contribution is 2.53. The molecule has 3 amide bonds. The predicted octanol–water partition coefficient (Wildman–Crippen LogP) is 0.725. The van der Waals surface area contributed by atoms with E-state index in [4.69, 9.17) is 0 Å². The van der Waals surface area contributed by atoms with Crippen LogP contribution in [0.3, 0.4) is 0 Å². The van der Waals surface area contributed by atoms with Crippen LogP contribution < -0.4 is 10.6 Å². The van der Waals surface area contributed by atoms with Gasteiger partial charge in [-0.05, 0) is 38.5 Å². The summed E-state index contributed by atoms with van der Waals surface area (Å²) in [5.41, 5.74) is -0.863. The molecule has 1 spiro atoms. The number of carbonyl (C=O) groups excluding carboxylic acids is 3. The van der Waals surface area contributed by atoms with Gasteiger partial charge in [-0.15, -0.1) is 0 Å². The van der Waals surface area contributed by atoms with Crippen molar-refractivity contribution in [2.45, 2.75) is 50.9 Å². The lowest BCUT2D eigenvalue weighted by Crippen LogP contribution is -2.55. The van der Waals surface area contributed by atoms with E-state index in [1.54, 1.807) is 6.92 Å². The first-order valence-electron chi connectivity index (χ1n) is 9.18. The number of likely N-dealkylation sites (tertiary alicyclic amines) is 1. The molecule has 7 nitrogen and oxygen atoms in total. The van der Waals surface area contributed by atoms with Gasteiger partial charge in [-0.3, -0.25) is 24.6 Å². The Bertz CT molecular complexity index is 857. The highest BCUT2D eigenvalue weighted by atomic mass is 19.1. The maximum atomic E-state index is 14.0. The summed E-state index contributed by atoms with van der Waals surface area (Å²) in [7, 11) is 0. The van der Waals surface area contributed by atoms with Crippen molar-refractivity contribution in [1.82, 2.24) is 10.2 Å². The second-order valence-corrected chi connectivity index (χ2v) is 7.67. The Balaban J connectivity index is 1.92. The molecule has 0 aromatic heterocycles. The highest BCUT2D eigenvalue weighted by molar-refractivity contribution is 6.15. The van der Waals surface area contributed by atoms with Crippen LogP contribution in [0.5, 0.6) is 0 Å². The van der Waals surface area contributed by atoms with Crippen molar-refractivity contribution in [3.8, 4) is 0 Å². The predicted molar refractivity (Wildman–Crippen MR) is 93.9 cm³/mol. The molecule has 3 aliphatic heterocycles. The van der Waals surface area contributed by atoms with Gasteiger partial charge < -0.3 is 10.4 Å². The molecule has 0 aliphatic carbocycles. The lowest BCUT2D eigenvalue weighted by atomic mass is 9.76. The number of aliphatic hydroxyl groups is 1. The summed E-state index contributed by atoms with van der Waals surface area (Å²) in [5, 5.41) is 16.0. The molecule has 3 heterocycles. The van der Waals surface area contributed by atoms with Crippen molar-refractivity contribution in [3.63, 3.8) is 0 Å². The first-order chi connectivity index (χ1) is 12.7. The number of hydrogen-bond donors (Lipinski definition) is 3. The fourth-order valence-corrected chi connectivity index (χ4v) is 4.76. The maximum absolute atomic E-state index is 14.0. The van der Waals surface area contributed by atoms with Crippen molar-refractivity contribution >= 4 is 23.4 Å². The van der Waals surface area contributed by atoms with Gasteiger partial charge in [0.15, 0.2) is 0 Å². The zero-order valence-electron chi connectivity index (χ0n) is 15.3. The van der Waals surface area contributed by atoms with Crippen LogP contribution in [0.15, 0.2) is 18.2 Å². The van der Waals surface area contributed by atoms with Crippen LogP contribution in [0.4, 0.5) is 10.1 Å². The number of amides is 3. The van der Waals surface area contributed by atoms with Gasteiger partial charge in [0.2, 0.25) is 17.7 Å². The molecule has 3 aliphatic rings. The Morgan fingerprint density at radius 2 is 1.96 bits per heavy atom. The molecule has 4 rings (SSSR count). The average Bonchev–Trinajstić information content (AvgIpc) is 3.20. The largest absolute Gasteiger partial charge is 0.392 e. The molecule has 27 heavy (non-hydrogen) atoms. The summed E-state index contributed by atoms with van der Waals surface area (Å²) in [6.07, 6.45) is -0.399. The highest BCUT2D eigenvalue weighted by Gasteiger charge is 2.71. The van der Waals surface area contributed by atoms with Crippen LogP contribution in [-0.2, 0) is 19.9 Å². The van der Waals surface area contributed by atoms with E-state index in [9.17, 15) is 23.9 Å². The Labute approximate surface area is 155 Å². The quantitative estimate of drug-likeness (QED) is 0.677. The number of halogens is 1. The second-order valence-electron chi connectivity index (χ2n) is 7.67. The van der Waals surface area contributed by atoms with E-state index in [2.05, 4.69) is 10.6 Å². The van der Waals surface area contributed by atoms with E-state index in [1.165, 1.54) is 30.0 Å². The van der Waals surface area contributed by atoms with Gasteiger partial charge in [-0.1, -0.05) is 6.92 Å². The molecule has 0 radical (unpaired) electrons. The molecular weight excluding hydrogens is 353 g/mol. The fraction of sp³-hybridized carbons (Fsp3) is 0.526. The lowest BCUT2D eigenvalue weighted by Gasteiger charge is -2.31. The Morgan fingerprint density at radius 1 is 1.26 bits per heavy atom. The minimum atomic E-state index is -1.57. The van der Waals surface area contributed by atoms with Gasteiger partial charge in [-0.2, -0.15) is 0 Å². The molecular formula is C19H22FN3O4. The van der Waals surface area contributed by atoms with Crippen LogP contribution in [0.1, 0.15) is 32.8 Å². The molecule has 1 aromatic rings. The van der Waals surface area contributed by atoms with Gasteiger partial charge in [0.1, 0.15) is 11.4 Å². The van der Waals surface area contributed by atoms with E-state index in [0.717, 1.165) is 0 Å². The van der Waals surface area contributed by atoms with Crippen LogP contribution in [0.2, 0.25) is 0 Å². The minimum Gasteiger partial charge on any atom is -0.392 e. The molecule has 1 aromatic carbocycles. The monoisotopic (exact) mass is 375 g/mol. The van der Waals surface area contributed by atoms with Crippen molar-refractivity contribution < 1.29 is 23.9 Å². The number of aliphatic hydroxyl groups excluding tert-OH is 1. The molecule has 3 N–H and O–H groups in total. The summed E-state index contributed by atoms with van der Waals surface area (Å²) in [6.45, 7) is 5.15. The van der Waals surface area contributed by atoms with Crippen LogP contribution in [0, 0.1) is 17.7 Å². The van der Waals surface area contributed by atoms with E-state index in [1.807, 2.05) is 6.92 Å². The Morgan fingerprint density at radius 3 is 2.59 bits per heavy atom. The number of nitrogens with one attached hydrogen (secondary N) is 2. The van der Waals surface area contributed by atoms with Crippen molar-refractivity contribution in [1.29, 1.82) is 0 Å². The van der Waals surface area contributed by atoms with Gasteiger partial charge in [0, 0.05) is 23.3 Å². The fourth-order valence-electron chi connectivity index (χ4n) is 4.76. The zero-order chi connectivity index (χ0) is 19.7. The van der Waals surface area contributed by atoms with Crippen LogP contribution >= 0.6 is 0 Å². The van der Waals surface area contributed by atoms with Gasteiger partial charge in [0.05, 0.1) is 17.9 Å². The molecule has 0 bridgehead atoms. The van der Waals surface area contributed by atoms with Gasteiger partial charge in [0.25, 0.3) is 0 Å². The minimum absolute atomic E-state index is 0.304. The Hall–Kier alpha value is -2.32. The molecule has 0 unspecified atom stereocenters. The third kappa shape index (κ3) is 2.17. The van der Waals surface area contributed by atoms with Crippen LogP contribution in [-0.4, -0.2) is 45.9 Å². The summed E-state index contributed by atoms with van der Waals surface area (Å²) in [5.74, 6) is -3.81. The third-order valence-corrected chi connectivity index (χ3v) is 6.20. The first kappa shape index (κ1) is 18.1. The summed E-state index contributed by atoms with van der Waals surface area (Å²) in [4.78, 5) is 40.6. The number of benzene rings is 1. The molecule has 2 fully saturated rings. The van der Waals surface area contributed by atoms with E-state index in [0.29, 0.717) is 17.7 Å². The van der Waals surface area contributed by atoms with E-state index < -0.39 is 53.1 Å². The second kappa shape index (κ2) is 5.84. The standard InChI is InChI=1S/C19H22FN3O4/c1-4-8(2)23-16(25)13-14(17(23)26)19(22-15(13)9(3)24)11-7-10(20)5-6-12(11)21-18(19)27/h5-9,13-15,22,24H,4H2,1-3H3,(H,21,27)/t8-,9+,13-,14-,15-,19-/m0/s1. The number of imide groups is 1. The molecule has 0 saturated carbocycles. The maximum Gasteiger partial charge on any atom is 0.250 e. The first-order valence-corrected chi connectivity index (χ1v) is 9.18. The smallest absolute Gasteiger partial charge is 0.250 e. The number of anilines is 1. The SMILES string of the molecule is CC[C@H](C)N1C(=O)[C@@H]2[C@H]([C@@H](C)O)N[C@]3(C(=O)Nc4ccc(F)cc43)[C@@H]2C1=O. The molecule has 2 saturated heterocycles.